The molecule has 5 nitrogen and oxygen atoms in total. The molecule has 1 aromatic heterocycles. The molecule has 1 heterocycles. The van der Waals surface area contributed by atoms with Gasteiger partial charge < -0.3 is 15.1 Å². The second kappa shape index (κ2) is 6.27. The number of hydrogen-bond acceptors (Lipinski definition) is 3. The topological polar surface area (TPSA) is 67.7 Å². The van der Waals surface area contributed by atoms with Crippen LogP contribution in [0.1, 0.15) is 38.1 Å². The van der Waals surface area contributed by atoms with Gasteiger partial charge in [0.25, 0.3) is 0 Å². The summed E-state index contributed by atoms with van der Waals surface area (Å²) in [5.41, 5.74) is 6.79. The molecule has 96 valence electrons. The molecule has 0 fully saturated rings. The maximum absolute atomic E-state index is 5.89. The molecule has 0 atom stereocenters. The highest BCUT2D eigenvalue weighted by atomic mass is 16.4. The van der Waals surface area contributed by atoms with Crippen molar-refractivity contribution in [1.82, 2.24) is 9.88 Å². The van der Waals surface area contributed by atoms with Crippen molar-refractivity contribution in [3.05, 3.63) is 17.3 Å². The number of aryl methyl sites for hydroxylation is 2. The zero-order valence-electron chi connectivity index (χ0n) is 11.2. The molecule has 1 rings (SSSR count). The fourth-order valence-electron chi connectivity index (χ4n) is 1.59. The minimum absolute atomic E-state index is 0.459. The molecule has 0 saturated carbocycles. The lowest BCUT2D eigenvalue weighted by Crippen LogP contribution is -2.37. The molecular formula is C12H22N4O. The number of rotatable bonds is 5. The number of guanidine groups is 1. The predicted molar refractivity (Wildman–Crippen MR) is 68.9 cm³/mol. The van der Waals surface area contributed by atoms with Gasteiger partial charge in [-0.2, -0.15) is 0 Å². The average molecular weight is 238 g/mol. The molecule has 0 aromatic carbocycles. The van der Waals surface area contributed by atoms with Crippen LogP contribution in [0, 0.1) is 6.92 Å². The van der Waals surface area contributed by atoms with Gasteiger partial charge in [-0.1, -0.05) is 6.92 Å². The van der Waals surface area contributed by atoms with Crippen LogP contribution in [0.3, 0.4) is 0 Å². The zero-order valence-corrected chi connectivity index (χ0v) is 11.2. The monoisotopic (exact) mass is 238 g/mol. The van der Waals surface area contributed by atoms with Crippen molar-refractivity contribution in [2.75, 3.05) is 13.1 Å². The Morgan fingerprint density at radius 2 is 2.00 bits per heavy atom. The fraction of sp³-hybridized carbons (Fsp3) is 0.667. The average Bonchev–Trinajstić information content (AvgIpc) is 2.69. The Bertz CT molecular complexity index is 380. The van der Waals surface area contributed by atoms with Gasteiger partial charge in [-0.05, 0) is 20.8 Å². The third-order valence-corrected chi connectivity index (χ3v) is 2.71. The van der Waals surface area contributed by atoms with Gasteiger partial charge in [-0.25, -0.2) is 9.98 Å². The van der Waals surface area contributed by atoms with Crippen LogP contribution in [0.25, 0.3) is 0 Å². The Kier molecular flexibility index (Phi) is 5.00. The lowest BCUT2D eigenvalue weighted by Gasteiger charge is -2.19. The van der Waals surface area contributed by atoms with E-state index in [1.807, 2.05) is 18.7 Å². The third-order valence-electron chi connectivity index (χ3n) is 2.71. The van der Waals surface area contributed by atoms with Crippen molar-refractivity contribution in [3.63, 3.8) is 0 Å². The molecule has 0 aliphatic rings. The van der Waals surface area contributed by atoms with E-state index in [-0.39, 0.29) is 0 Å². The van der Waals surface area contributed by atoms with Crippen LogP contribution >= 0.6 is 0 Å². The number of hydrogen-bond donors (Lipinski definition) is 1. The summed E-state index contributed by atoms with van der Waals surface area (Å²) in [6.45, 7) is 10.2. The van der Waals surface area contributed by atoms with E-state index >= 15 is 0 Å². The molecule has 0 saturated heterocycles. The molecule has 0 aliphatic heterocycles. The second-order valence-electron chi connectivity index (χ2n) is 3.82. The van der Waals surface area contributed by atoms with E-state index in [0.717, 1.165) is 36.9 Å². The summed E-state index contributed by atoms with van der Waals surface area (Å²) in [6, 6.07) is 0. The van der Waals surface area contributed by atoms with Gasteiger partial charge in [0.1, 0.15) is 12.3 Å². The molecule has 1 aromatic rings. The third kappa shape index (κ3) is 3.47. The van der Waals surface area contributed by atoms with Crippen molar-refractivity contribution >= 4 is 5.96 Å². The summed E-state index contributed by atoms with van der Waals surface area (Å²) >= 11 is 0. The minimum atomic E-state index is 0.459. The van der Waals surface area contributed by atoms with Crippen LogP contribution < -0.4 is 5.73 Å². The summed E-state index contributed by atoms with van der Waals surface area (Å²) in [4.78, 5) is 10.6. The largest absolute Gasteiger partial charge is 0.443 e. The van der Waals surface area contributed by atoms with E-state index in [1.165, 1.54) is 0 Å². The molecule has 0 aliphatic carbocycles. The molecule has 0 spiro atoms. The molecule has 0 bridgehead atoms. The first-order valence-corrected chi connectivity index (χ1v) is 6.12. The summed E-state index contributed by atoms with van der Waals surface area (Å²) in [6.07, 6.45) is 0.802. The first-order chi connectivity index (χ1) is 8.12. The lowest BCUT2D eigenvalue weighted by atomic mass is 10.4. The van der Waals surface area contributed by atoms with Crippen LogP contribution in [0.2, 0.25) is 0 Å². The highest BCUT2D eigenvalue weighted by molar-refractivity contribution is 5.77. The first kappa shape index (κ1) is 13.5. The Morgan fingerprint density at radius 1 is 1.35 bits per heavy atom. The van der Waals surface area contributed by atoms with E-state index in [0.29, 0.717) is 12.5 Å². The van der Waals surface area contributed by atoms with Gasteiger partial charge in [-0.15, -0.1) is 0 Å². The number of aromatic nitrogens is 1. The van der Waals surface area contributed by atoms with Crippen LogP contribution in [-0.2, 0) is 13.0 Å². The fourth-order valence-corrected chi connectivity index (χ4v) is 1.59. The van der Waals surface area contributed by atoms with Crippen LogP contribution in [0.5, 0.6) is 0 Å². The normalized spacial score (nSPS) is 11.9. The maximum atomic E-state index is 5.89. The van der Waals surface area contributed by atoms with E-state index in [2.05, 4.69) is 23.8 Å². The van der Waals surface area contributed by atoms with Crippen molar-refractivity contribution < 1.29 is 4.42 Å². The van der Waals surface area contributed by atoms with Gasteiger partial charge in [0.2, 0.25) is 0 Å². The van der Waals surface area contributed by atoms with Crippen LogP contribution in [0.15, 0.2) is 9.41 Å². The van der Waals surface area contributed by atoms with Gasteiger partial charge in [-0.3, -0.25) is 0 Å². The van der Waals surface area contributed by atoms with Gasteiger partial charge >= 0.3 is 0 Å². The standard InChI is InChI=1S/C12H22N4O/c1-5-11-15-9(4)10(17-11)8-14-12(13)16(6-2)7-3/h5-8H2,1-4H3,(H2,13,14). The Hall–Kier alpha value is -1.52. The number of nitrogens with zero attached hydrogens (tertiary/aromatic N) is 3. The Morgan fingerprint density at radius 3 is 2.47 bits per heavy atom. The smallest absolute Gasteiger partial charge is 0.194 e. The summed E-state index contributed by atoms with van der Waals surface area (Å²) < 4.78 is 5.57. The zero-order chi connectivity index (χ0) is 12.8. The van der Waals surface area contributed by atoms with E-state index in [4.69, 9.17) is 10.2 Å². The van der Waals surface area contributed by atoms with Gasteiger partial charge in [0.05, 0.1) is 5.69 Å². The van der Waals surface area contributed by atoms with Crippen molar-refractivity contribution in [3.8, 4) is 0 Å². The molecule has 0 amide bonds. The molecular weight excluding hydrogens is 216 g/mol. The molecule has 0 radical (unpaired) electrons. The Labute approximate surface area is 103 Å². The first-order valence-electron chi connectivity index (χ1n) is 6.12. The second-order valence-corrected chi connectivity index (χ2v) is 3.82. The summed E-state index contributed by atoms with van der Waals surface area (Å²) in [7, 11) is 0. The maximum Gasteiger partial charge on any atom is 0.194 e. The van der Waals surface area contributed by atoms with Gasteiger partial charge in [0.15, 0.2) is 11.9 Å². The quantitative estimate of drug-likeness (QED) is 0.626. The molecule has 0 unspecified atom stereocenters. The van der Waals surface area contributed by atoms with Crippen molar-refractivity contribution in [2.24, 2.45) is 10.7 Å². The summed E-state index contributed by atoms with van der Waals surface area (Å²) in [5.74, 6) is 2.12. The van der Waals surface area contributed by atoms with Crippen molar-refractivity contribution in [1.29, 1.82) is 0 Å². The molecule has 5 heteroatoms. The molecule has 17 heavy (non-hydrogen) atoms. The van der Waals surface area contributed by atoms with Crippen LogP contribution in [-0.4, -0.2) is 28.9 Å². The van der Waals surface area contributed by atoms with E-state index in [1.54, 1.807) is 0 Å². The lowest BCUT2D eigenvalue weighted by molar-refractivity contribution is 0.445. The van der Waals surface area contributed by atoms with E-state index in [9.17, 15) is 0 Å². The number of nitrogens with two attached hydrogens (primary N) is 1. The number of oxazole rings is 1. The highest BCUT2D eigenvalue weighted by Gasteiger charge is 2.08. The minimum Gasteiger partial charge on any atom is -0.443 e. The van der Waals surface area contributed by atoms with E-state index < -0.39 is 0 Å². The van der Waals surface area contributed by atoms with Crippen LogP contribution in [0.4, 0.5) is 0 Å². The predicted octanol–water partition coefficient (Wildman–Crippen LogP) is 1.70. The SMILES string of the molecule is CCc1nc(C)c(CN=C(N)N(CC)CC)o1. The molecule has 2 N–H and O–H groups in total. The highest BCUT2D eigenvalue weighted by Crippen LogP contribution is 2.11. The van der Waals surface area contributed by atoms with Gasteiger partial charge in [0, 0.05) is 19.5 Å². The van der Waals surface area contributed by atoms with Crippen molar-refractivity contribution in [2.45, 2.75) is 40.7 Å². The number of aliphatic imine (C=N–C) groups is 1. The Balaban J connectivity index is 2.71. The summed E-state index contributed by atoms with van der Waals surface area (Å²) in [5, 5.41) is 0.